The number of rotatable bonds is 6. The number of Topliss-reactive ketones (excluding diaryl/α,β-unsaturated/α-hetero) is 4. The summed E-state index contributed by atoms with van der Waals surface area (Å²) in [7, 11) is 6.85. The maximum Gasteiger partial charge on any atom is 0.235 e. The molecule has 41 heavy (non-hydrogen) atoms. The molecule has 1 aromatic rings. The smallest absolute Gasteiger partial charge is 0.235 e. The highest BCUT2D eigenvalue weighted by molar-refractivity contribution is 6.32. The lowest BCUT2D eigenvalue weighted by Crippen LogP contribution is -2.74. The second-order valence-electron chi connectivity index (χ2n) is 13.1. The molecule has 1 amide bonds. The van der Waals surface area contributed by atoms with Crippen LogP contribution in [0, 0.1) is 23.7 Å². The molecule has 6 atom stereocenters. The van der Waals surface area contributed by atoms with E-state index < -0.39 is 64.4 Å². The fourth-order valence-corrected chi connectivity index (χ4v) is 7.43. The number of anilines is 1. The van der Waals surface area contributed by atoms with Gasteiger partial charge in [-0.1, -0.05) is 6.92 Å². The maximum atomic E-state index is 14.0. The first-order valence-electron chi connectivity index (χ1n) is 14.0. The van der Waals surface area contributed by atoms with Crippen molar-refractivity contribution in [2.75, 3.05) is 39.6 Å². The van der Waals surface area contributed by atoms with Crippen molar-refractivity contribution >= 4 is 34.7 Å². The number of nitrogens with zero attached hydrogens (tertiary/aromatic N) is 3. The zero-order valence-electron chi connectivity index (χ0n) is 25.1. The fourth-order valence-electron chi connectivity index (χ4n) is 7.43. The number of carbonyl (C=O) groups is 5. The maximum absolute atomic E-state index is 14.0. The molecule has 3 aliphatic rings. The van der Waals surface area contributed by atoms with Crippen molar-refractivity contribution in [3.05, 3.63) is 22.8 Å². The molecule has 2 unspecified atom stereocenters. The Hall–Kier alpha value is -3.15. The molecule has 0 bridgehead atoms. The minimum Gasteiger partial charge on any atom is -0.507 e. The van der Waals surface area contributed by atoms with Crippen molar-refractivity contribution in [3.8, 4) is 5.75 Å². The molecule has 0 spiro atoms. The van der Waals surface area contributed by atoms with Gasteiger partial charge >= 0.3 is 0 Å². The summed E-state index contributed by atoms with van der Waals surface area (Å²) in [6.07, 6.45) is 0.243. The number of ketones is 4. The zero-order chi connectivity index (χ0) is 30.9. The molecule has 2 fully saturated rings. The van der Waals surface area contributed by atoms with E-state index in [1.165, 1.54) is 4.90 Å². The van der Waals surface area contributed by atoms with Gasteiger partial charge in [0.1, 0.15) is 5.75 Å². The first kappa shape index (κ1) is 30.8. The van der Waals surface area contributed by atoms with Crippen LogP contribution in [0.2, 0.25) is 0 Å². The van der Waals surface area contributed by atoms with Gasteiger partial charge in [-0.15, -0.1) is 0 Å². The Morgan fingerprint density at radius 3 is 2.20 bits per heavy atom. The van der Waals surface area contributed by atoms with E-state index >= 15 is 0 Å². The van der Waals surface area contributed by atoms with Crippen molar-refractivity contribution in [2.45, 2.75) is 64.3 Å². The molecular formula is C30H42N4O7. The van der Waals surface area contributed by atoms with E-state index in [-0.39, 0.29) is 29.7 Å². The minimum atomic E-state index is -2.73. The van der Waals surface area contributed by atoms with Gasteiger partial charge < -0.3 is 20.8 Å². The number of benzene rings is 1. The van der Waals surface area contributed by atoms with E-state index in [2.05, 4.69) is 32.6 Å². The average Bonchev–Trinajstić information content (AvgIpc) is 2.83. The molecule has 11 heteroatoms. The van der Waals surface area contributed by atoms with Gasteiger partial charge in [0.05, 0.1) is 17.5 Å². The SMILES string of the molecule is CCN(Cc1cc(O)c2c(c1N(C)C)C[C@H]1C[C@H]3[C@H](N(C)C)C(=O)C(C(N)=O)C(=O)[C@@]3(O)C(=O)C1C2=O)C(C)(C)C. The van der Waals surface area contributed by atoms with Crippen LogP contribution in [0.15, 0.2) is 6.07 Å². The number of nitrogens with two attached hydrogens (primary N) is 1. The van der Waals surface area contributed by atoms with Crippen LogP contribution in [0.25, 0.3) is 0 Å². The third-order valence-electron chi connectivity index (χ3n) is 9.25. The van der Waals surface area contributed by atoms with Crippen LogP contribution in [0.4, 0.5) is 5.69 Å². The fraction of sp³-hybridized carbons (Fsp3) is 0.633. The number of carbonyl (C=O) groups excluding carboxylic acids is 5. The van der Waals surface area contributed by atoms with Crippen molar-refractivity contribution in [2.24, 2.45) is 29.4 Å². The van der Waals surface area contributed by atoms with Gasteiger partial charge in [0, 0.05) is 37.8 Å². The normalized spacial score (nSPS) is 29.9. The lowest BCUT2D eigenvalue weighted by molar-refractivity contribution is -0.181. The van der Waals surface area contributed by atoms with E-state index in [1.807, 2.05) is 19.0 Å². The Bertz CT molecular complexity index is 1330. The number of aromatic hydroxyl groups is 1. The third-order valence-corrected chi connectivity index (χ3v) is 9.25. The standard InChI is InChI=1S/C30H42N4O7/c1-9-34(29(2,3)4)13-15-12-18(35)20-16(22(15)32(5)6)10-14-11-17-23(33(7)8)25(37)21(28(31)40)27(39)30(17,41)26(38)19(14)24(20)36/h12,14,17,19,21,23,35,41H,9-11,13H2,1-8H3,(H2,31,40)/t14-,17-,19?,21?,23-,30-/m0/s1. The van der Waals surface area contributed by atoms with Crippen molar-refractivity contribution in [3.63, 3.8) is 0 Å². The average molecular weight is 571 g/mol. The molecular weight excluding hydrogens is 528 g/mol. The van der Waals surface area contributed by atoms with Crippen LogP contribution in [-0.2, 0) is 32.1 Å². The van der Waals surface area contributed by atoms with Gasteiger partial charge in [0.15, 0.2) is 34.7 Å². The summed E-state index contributed by atoms with van der Waals surface area (Å²) < 4.78 is 0. The highest BCUT2D eigenvalue weighted by atomic mass is 16.3. The summed E-state index contributed by atoms with van der Waals surface area (Å²) in [6, 6.07) is 0.427. The summed E-state index contributed by atoms with van der Waals surface area (Å²) >= 11 is 0. The number of phenols is 1. The minimum absolute atomic E-state index is 0.00264. The topological polar surface area (TPSA) is 162 Å². The van der Waals surface area contributed by atoms with E-state index in [0.717, 1.165) is 17.8 Å². The summed E-state index contributed by atoms with van der Waals surface area (Å²) in [6.45, 7) is 9.63. The van der Waals surface area contributed by atoms with E-state index in [4.69, 9.17) is 5.73 Å². The van der Waals surface area contributed by atoms with Gasteiger partial charge in [0.2, 0.25) is 5.91 Å². The number of phenolic OH excluding ortho intramolecular Hbond substituents is 1. The largest absolute Gasteiger partial charge is 0.507 e. The van der Waals surface area contributed by atoms with Crippen LogP contribution in [0.3, 0.4) is 0 Å². The Morgan fingerprint density at radius 2 is 1.71 bits per heavy atom. The molecule has 1 aromatic carbocycles. The number of likely N-dealkylation sites (N-methyl/N-ethyl adjacent to an activating group) is 1. The van der Waals surface area contributed by atoms with Gasteiger partial charge in [0.25, 0.3) is 0 Å². The summed E-state index contributed by atoms with van der Waals surface area (Å²) in [5.74, 6) is -10.4. The predicted molar refractivity (Wildman–Crippen MR) is 152 cm³/mol. The Kier molecular flexibility index (Phi) is 7.73. The molecule has 2 saturated carbocycles. The van der Waals surface area contributed by atoms with Gasteiger partial charge in [-0.2, -0.15) is 0 Å². The van der Waals surface area contributed by atoms with Crippen LogP contribution in [0.1, 0.15) is 55.6 Å². The number of primary amides is 1. The monoisotopic (exact) mass is 570 g/mol. The first-order chi connectivity index (χ1) is 18.9. The Balaban J connectivity index is 1.88. The van der Waals surface area contributed by atoms with E-state index in [0.29, 0.717) is 12.1 Å². The molecule has 0 radical (unpaired) electrons. The van der Waals surface area contributed by atoms with Crippen molar-refractivity contribution in [1.82, 2.24) is 9.80 Å². The lowest BCUT2D eigenvalue weighted by Gasteiger charge is -2.52. The van der Waals surface area contributed by atoms with Crippen LogP contribution < -0.4 is 10.6 Å². The molecule has 0 heterocycles. The van der Waals surface area contributed by atoms with Gasteiger partial charge in [-0.05, 0) is 77.4 Å². The summed E-state index contributed by atoms with van der Waals surface area (Å²) in [5.41, 5.74) is 4.69. The van der Waals surface area contributed by atoms with Crippen LogP contribution in [-0.4, -0.2) is 101 Å². The highest BCUT2D eigenvalue weighted by Gasteiger charge is 2.69. The van der Waals surface area contributed by atoms with Gasteiger partial charge in [-0.3, -0.25) is 33.8 Å². The van der Waals surface area contributed by atoms with Crippen LogP contribution in [0.5, 0.6) is 5.75 Å². The molecule has 0 saturated heterocycles. The number of hydrogen-bond acceptors (Lipinski definition) is 10. The van der Waals surface area contributed by atoms with E-state index in [9.17, 15) is 34.2 Å². The number of hydrogen-bond donors (Lipinski definition) is 3. The molecule has 4 N–H and O–H groups in total. The Labute approximate surface area is 240 Å². The number of aliphatic hydroxyl groups is 1. The molecule has 3 aliphatic carbocycles. The lowest BCUT2D eigenvalue weighted by atomic mass is 9.52. The predicted octanol–water partition coefficient (Wildman–Crippen LogP) is 0.553. The summed E-state index contributed by atoms with van der Waals surface area (Å²) in [4.78, 5) is 72.5. The third kappa shape index (κ3) is 4.58. The zero-order valence-corrected chi connectivity index (χ0v) is 25.1. The summed E-state index contributed by atoms with van der Waals surface area (Å²) in [5, 5.41) is 22.9. The molecule has 0 aromatic heterocycles. The second kappa shape index (κ2) is 10.3. The first-order valence-corrected chi connectivity index (χ1v) is 14.0. The number of fused-ring (bicyclic) bond motifs is 3. The molecule has 11 nitrogen and oxygen atoms in total. The van der Waals surface area contributed by atoms with Gasteiger partial charge in [-0.25, -0.2) is 0 Å². The molecule has 4 rings (SSSR count). The van der Waals surface area contributed by atoms with Crippen molar-refractivity contribution < 1.29 is 34.2 Å². The Morgan fingerprint density at radius 1 is 1.10 bits per heavy atom. The highest BCUT2D eigenvalue weighted by Crippen LogP contribution is 2.52. The van der Waals surface area contributed by atoms with Crippen molar-refractivity contribution in [1.29, 1.82) is 0 Å². The quantitative estimate of drug-likeness (QED) is 0.412. The molecule has 0 aliphatic heterocycles. The van der Waals surface area contributed by atoms with Crippen LogP contribution >= 0.6 is 0 Å². The molecule has 224 valence electrons. The number of amides is 1. The van der Waals surface area contributed by atoms with E-state index in [1.54, 1.807) is 20.2 Å². The second-order valence-corrected chi connectivity index (χ2v) is 13.1.